The third-order valence-electron chi connectivity index (χ3n) is 4.96. The molecule has 180 valence electrons. The number of nitrogens with zero attached hydrogens (tertiary/aromatic N) is 3. The topological polar surface area (TPSA) is 59.9 Å². The van der Waals surface area contributed by atoms with E-state index in [9.17, 15) is 13.2 Å². The molecule has 5 nitrogen and oxygen atoms in total. The lowest BCUT2D eigenvalue weighted by molar-refractivity contribution is 0.474. The second-order valence-corrected chi connectivity index (χ2v) is 9.30. The fourth-order valence-corrected chi connectivity index (χ4v) is 4.73. The van der Waals surface area contributed by atoms with Gasteiger partial charge in [-0.2, -0.15) is 0 Å². The highest BCUT2D eigenvalue weighted by molar-refractivity contribution is 8.00. The number of pyridine rings is 2. The van der Waals surface area contributed by atoms with Crippen LogP contribution in [0.2, 0.25) is 5.02 Å². The monoisotopic (exact) mass is 542 g/mol. The summed E-state index contributed by atoms with van der Waals surface area (Å²) in [5.74, 6) is -1.52. The van der Waals surface area contributed by atoms with Crippen LogP contribution in [0.15, 0.2) is 82.9 Å². The summed E-state index contributed by atoms with van der Waals surface area (Å²) in [6.45, 7) is 0. The van der Waals surface area contributed by atoms with Crippen molar-refractivity contribution in [1.29, 1.82) is 0 Å². The van der Waals surface area contributed by atoms with Crippen LogP contribution in [0.5, 0.6) is 11.5 Å². The summed E-state index contributed by atoms with van der Waals surface area (Å²) in [5, 5.41) is 1.97. The first-order valence-electron chi connectivity index (χ1n) is 10.3. The molecule has 0 spiro atoms. The lowest BCUT2D eigenvalue weighted by atomic mass is 10.0. The Labute approximate surface area is 217 Å². The van der Waals surface area contributed by atoms with E-state index in [-0.39, 0.29) is 21.4 Å². The van der Waals surface area contributed by atoms with Crippen LogP contribution >= 0.6 is 34.9 Å². The van der Waals surface area contributed by atoms with Crippen molar-refractivity contribution in [2.24, 2.45) is 0 Å². The zero-order valence-electron chi connectivity index (χ0n) is 18.1. The van der Waals surface area contributed by atoms with Crippen molar-refractivity contribution >= 4 is 40.7 Å². The van der Waals surface area contributed by atoms with Gasteiger partial charge in [-0.15, -0.1) is 11.3 Å². The number of thiazole rings is 1. The number of hydrogen-bond donors (Lipinski definition) is 1. The van der Waals surface area contributed by atoms with Gasteiger partial charge in [0.15, 0.2) is 17.4 Å². The van der Waals surface area contributed by atoms with E-state index >= 15 is 0 Å². The quantitative estimate of drug-likeness (QED) is 0.209. The largest absolute Gasteiger partial charge is 0.453 e. The van der Waals surface area contributed by atoms with E-state index in [2.05, 4.69) is 19.7 Å². The molecular formula is C25H14ClF3N4OS2. The summed E-state index contributed by atoms with van der Waals surface area (Å²) < 4.78 is 51.0. The number of nitrogens with one attached hydrogen (secondary N) is 1. The van der Waals surface area contributed by atoms with Gasteiger partial charge in [-0.3, -0.25) is 9.97 Å². The molecule has 0 aliphatic carbocycles. The second kappa shape index (κ2) is 10.6. The molecule has 0 saturated heterocycles. The van der Waals surface area contributed by atoms with Gasteiger partial charge in [0.2, 0.25) is 0 Å². The van der Waals surface area contributed by atoms with E-state index in [1.54, 1.807) is 41.5 Å². The third-order valence-corrected chi connectivity index (χ3v) is 6.69. The van der Waals surface area contributed by atoms with E-state index in [4.69, 9.17) is 16.3 Å². The summed E-state index contributed by atoms with van der Waals surface area (Å²) >= 11 is 8.86. The van der Waals surface area contributed by atoms with Crippen LogP contribution in [0.4, 0.5) is 19.0 Å². The zero-order valence-corrected chi connectivity index (χ0v) is 20.5. The molecule has 2 aromatic carbocycles. The predicted octanol–water partition coefficient (Wildman–Crippen LogP) is 8.25. The molecule has 1 N–H and O–H groups in total. The zero-order chi connectivity index (χ0) is 25.1. The molecular weight excluding hydrogens is 529 g/mol. The molecule has 0 saturated carbocycles. The highest BCUT2D eigenvalue weighted by Crippen LogP contribution is 2.40. The minimum absolute atomic E-state index is 0.0830. The van der Waals surface area contributed by atoms with Gasteiger partial charge in [-0.1, -0.05) is 17.7 Å². The molecule has 0 fully saturated rings. The normalized spacial score (nSPS) is 10.9. The van der Waals surface area contributed by atoms with E-state index in [1.807, 2.05) is 0 Å². The molecule has 36 heavy (non-hydrogen) atoms. The van der Waals surface area contributed by atoms with Crippen molar-refractivity contribution in [3.63, 3.8) is 0 Å². The van der Waals surface area contributed by atoms with Crippen molar-refractivity contribution in [3.05, 3.63) is 100 Å². The van der Waals surface area contributed by atoms with E-state index in [1.165, 1.54) is 35.7 Å². The minimum Gasteiger partial charge on any atom is -0.453 e. The minimum atomic E-state index is -0.984. The molecule has 3 heterocycles. The van der Waals surface area contributed by atoms with Crippen LogP contribution in [0.3, 0.4) is 0 Å². The Hall–Kier alpha value is -3.60. The van der Waals surface area contributed by atoms with Crippen molar-refractivity contribution in [2.75, 3.05) is 4.72 Å². The first kappa shape index (κ1) is 24.1. The SMILES string of the molecule is Fc1ccc(-c2cc(-c3cccnc3)c(Oc3cc(F)c(SNc4cscn4)cc3Cl)cn2)cc1F. The Morgan fingerprint density at radius 2 is 1.78 bits per heavy atom. The molecule has 0 unspecified atom stereocenters. The fraction of sp³-hybridized carbons (Fsp3) is 0. The number of benzene rings is 2. The lowest BCUT2D eigenvalue weighted by Crippen LogP contribution is -1.96. The number of rotatable bonds is 7. The van der Waals surface area contributed by atoms with Gasteiger partial charge < -0.3 is 9.46 Å². The van der Waals surface area contributed by atoms with Gasteiger partial charge in [0, 0.05) is 40.5 Å². The fourth-order valence-electron chi connectivity index (χ4n) is 3.24. The Morgan fingerprint density at radius 3 is 2.53 bits per heavy atom. The molecule has 11 heteroatoms. The third kappa shape index (κ3) is 5.30. The average molecular weight is 543 g/mol. The lowest BCUT2D eigenvalue weighted by Gasteiger charge is -2.15. The van der Waals surface area contributed by atoms with Crippen LogP contribution in [0.1, 0.15) is 0 Å². The van der Waals surface area contributed by atoms with Crippen molar-refractivity contribution in [3.8, 4) is 33.9 Å². The van der Waals surface area contributed by atoms with E-state index in [0.29, 0.717) is 28.2 Å². The van der Waals surface area contributed by atoms with Crippen molar-refractivity contribution in [2.45, 2.75) is 4.90 Å². The number of ether oxygens (including phenoxy) is 1. The Bertz CT molecular complexity index is 1520. The smallest absolute Gasteiger partial charge is 0.159 e. The highest BCUT2D eigenvalue weighted by Gasteiger charge is 2.16. The molecule has 5 aromatic rings. The highest BCUT2D eigenvalue weighted by atomic mass is 35.5. The molecule has 0 bridgehead atoms. The van der Waals surface area contributed by atoms with Crippen LogP contribution in [-0.2, 0) is 0 Å². The molecule has 0 atom stereocenters. The first-order valence-corrected chi connectivity index (χ1v) is 12.5. The maximum Gasteiger partial charge on any atom is 0.159 e. The summed E-state index contributed by atoms with van der Waals surface area (Å²) in [6.07, 6.45) is 4.65. The van der Waals surface area contributed by atoms with Gasteiger partial charge in [0.05, 0.1) is 27.3 Å². The number of anilines is 1. The number of halogens is 4. The standard InChI is InChI=1S/C25H14ClF3N4OS2/c26-17-8-24(36-33-25-12-35-13-32-25)20(29)9-22(17)34-23-11-31-21(14-3-4-18(27)19(28)6-14)7-16(23)15-2-1-5-30-10-15/h1-13,33H. The summed E-state index contributed by atoms with van der Waals surface area (Å²) in [5.41, 5.74) is 3.66. The van der Waals surface area contributed by atoms with Gasteiger partial charge in [0.1, 0.15) is 17.4 Å². The molecule has 0 aliphatic rings. The van der Waals surface area contributed by atoms with Crippen LogP contribution in [0, 0.1) is 17.5 Å². The van der Waals surface area contributed by atoms with Gasteiger partial charge in [0.25, 0.3) is 0 Å². The van der Waals surface area contributed by atoms with Gasteiger partial charge in [-0.25, -0.2) is 18.2 Å². The molecule has 0 amide bonds. The Balaban J connectivity index is 1.48. The van der Waals surface area contributed by atoms with Gasteiger partial charge in [-0.05, 0) is 48.3 Å². The maximum absolute atomic E-state index is 14.8. The van der Waals surface area contributed by atoms with Crippen LogP contribution in [0.25, 0.3) is 22.4 Å². The Kier molecular flexibility index (Phi) is 7.08. The van der Waals surface area contributed by atoms with Crippen molar-refractivity contribution < 1.29 is 17.9 Å². The predicted molar refractivity (Wildman–Crippen MR) is 136 cm³/mol. The summed E-state index contributed by atoms with van der Waals surface area (Å²) in [7, 11) is 0. The number of aromatic nitrogens is 3. The summed E-state index contributed by atoms with van der Waals surface area (Å²) in [4.78, 5) is 12.8. The second-order valence-electron chi connectivity index (χ2n) is 7.33. The summed E-state index contributed by atoms with van der Waals surface area (Å²) in [6, 6.07) is 11.4. The van der Waals surface area contributed by atoms with Gasteiger partial charge >= 0.3 is 0 Å². The van der Waals surface area contributed by atoms with E-state index < -0.39 is 17.5 Å². The van der Waals surface area contributed by atoms with Crippen LogP contribution in [-0.4, -0.2) is 15.0 Å². The molecule has 0 aliphatic heterocycles. The van der Waals surface area contributed by atoms with E-state index in [0.717, 1.165) is 24.1 Å². The van der Waals surface area contributed by atoms with Crippen molar-refractivity contribution in [1.82, 2.24) is 15.0 Å². The number of hydrogen-bond acceptors (Lipinski definition) is 7. The molecule has 0 radical (unpaired) electrons. The molecule has 3 aromatic heterocycles. The van der Waals surface area contributed by atoms with Crippen LogP contribution < -0.4 is 9.46 Å². The first-order chi connectivity index (χ1) is 17.5. The average Bonchev–Trinajstić information content (AvgIpc) is 3.41. The Morgan fingerprint density at radius 1 is 0.889 bits per heavy atom. The molecule has 5 rings (SSSR count). The maximum atomic E-state index is 14.8.